The van der Waals surface area contributed by atoms with E-state index in [9.17, 15) is 9.59 Å². The summed E-state index contributed by atoms with van der Waals surface area (Å²) in [5.74, 6) is -0.0438. The molecule has 0 bridgehead atoms. The molecule has 2 aliphatic rings. The van der Waals surface area contributed by atoms with E-state index in [1.165, 1.54) is 12.3 Å². The molecule has 27 heavy (non-hydrogen) atoms. The Morgan fingerprint density at radius 1 is 1.26 bits per heavy atom. The summed E-state index contributed by atoms with van der Waals surface area (Å²) < 4.78 is 5.85. The van der Waals surface area contributed by atoms with Gasteiger partial charge in [-0.15, -0.1) is 0 Å². The molecule has 3 N–H and O–H groups in total. The van der Waals surface area contributed by atoms with Gasteiger partial charge < -0.3 is 25.3 Å². The quantitative estimate of drug-likeness (QED) is 0.819. The van der Waals surface area contributed by atoms with Crippen LogP contribution in [0.1, 0.15) is 45.5 Å². The Morgan fingerprint density at radius 2 is 2.07 bits per heavy atom. The number of aromatic amines is 1. The molecule has 2 fully saturated rings. The monoisotopic (exact) mass is 370 g/mol. The van der Waals surface area contributed by atoms with Gasteiger partial charge in [0.1, 0.15) is 11.8 Å². The summed E-state index contributed by atoms with van der Waals surface area (Å²) >= 11 is 0. The number of hydrogen-bond acceptors (Lipinski definition) is 6. The summed E-state index contributed by atoms with van der Waals surface area (Å²) in [6, 6.07) is 3.31. The number of hydrogen-bond donors (Lipinski definition) is 2. The largest absolute Gasteiger partial charge is 0.368 e. The van der Waals surface area contributed by atoms with Gasteiger partial charge in [0.05, 0.1) is 24.4 Å². The predicted octanol–water partition coefficient (Wildman–Crippen LogP) is 0.718. The standard InChI is InChI=1S/C18H22N6O3/c19-16(25)12-9-14(21-10-12)17(26)24-7-8-27-15(11-24)13-3-4-20-18(22-13)23-5-1-2-6-23/h3-4,9-10,15,21H,1-2,5-8,11H2,(H2,19,25). The van der Waals surface area contributed by atoms with Crippen molar-refractivity contribution in [3.63, 3.8) is 0 Å². The van der Waals surface area contributed by atoms with Gasteiger partial charge in [-0.1, -0.05) is 0 Å². The highest BCUT2D eigenvalue weighted by atomic mass is 16.5. The van der Waals surface area contributed by atoms with Crippen molar-refractivity contribution in [2.45, 2.75) is 18.9 Å². The summed E-state index contributed by atoms with van der Waals surface area (Å²) in [4.78, 5) is 39.7. The number of ether oxygens (including phenoxy) is 1. The molecule has 9 heteroatoms. The van der Waals surface area contributed by atoms with Crippen LogP contribution >= 0.6 is 0 Å². The second-order valence-corrected chi connectivity index (χ2v) is 6.75. The van der Waals surface area contributed by atoms with Gasteiger partial charge in [0.25, 0.3) is 5.91 Å². The van der Waals surface area contributed by atoms with Crippen molar-refractivity contribution in [1.82, 2.24) is 19.9 Å². The molecule has 2 aromatic heterocycles. The second kappa shape index (κ2) is 7.36. The van der Waals surface area contributed by atoms with Crippen molar-refractivity contribution in [2.24, 2.45) is 5.73 Å². The van der Waals surface area contributed by atoms with Crippen molar-refractivity contribution >= 4 is 17.8 Å². The van der Waals surface area contributed by atoms with E-state index in [1.807, 2.05) is 6.07 Å². The molecular weight excluding hydrogens is 348 g/mol. The van der Waals surface area contributed by atoms with E-state index >= 15 is 0 Å². The molecule has 1 unspecified atom stereocenters. The average molecular weight is 370 g/mol. The van der Waals surface area contributed by atoms with Crippen LogP contribution in [0.15, 0.2) is 24.5 Å². The lowest BCUT2D eigenvalue weighted by Crippen LogP contribution is -2.42. The summed E-state index contributed by atoms with van der Waals surface area (Å²) in [5.41, 5.74) is 6.64. The van der Waals surface area contributed by atoms with E-state index in [0.29, 0.717) is 31.3 Å². The molecule has 142 valence electrons. The molecule has 2 saturated heterocycles. The number of primary amides is 1. The molecule has 0 spiro atoms. The smallest absolute Gasteiger partial charge is 0.270 e. The van der Waals surface area contributed by atoms with Gasteiger partial charge in [-0.05, 0) is 25.0 Å². The van der Waals surface area contributed by atoms with Gasteiger partial charge >= 0.3 is 0 Å². The number of anilines is 1. The highest BCUT2D eigenvalue weighted by Crippen LogP contribution is 2.24. The summed E-state index contributed by atoms with van der Waals surface area (Å²) in [5, 5.41) is 0. The maximum absolute atomic E-state index is 12.7. The third-order valence-corrected chi connectivity index (χ3v) is 4.93. The van der Waals surface area contributed by atoms with Crippen LogP contribution in [0.4, 0.5) is 5.95 Å². The first-order chi connectivity index (χ1) is 13.1. The normalized spacial score (nSPS) is 20.1. The van der Waals surface area contributed by atoms with Crippen LogP contribution in [-0.2, 0) is 4.74 Å². The second-order valence-electron chi connectivity index (χ2n) is 6.75. The van der Waals surface area contributed by atoms with Crippen LogP contribution in [-0.4, -0.2) is 64.5 Å². The van der Waals surface area contributed by atoms with Crippen LogP contribution in [0.5, 0.6) is 0 Å². The van der Waals surface area contributed by atoms with E-state index in [0.717, 1.165) is 31.6 Å². The van der Waals surface area contributed by atoms with E-state index in [-0.39, 0.29) is 17.6 Å². The molecule has 0 aromatic carbocycles. The van der Waals surface area contributed by atoms with Crippen molar-refractivity contribution in [3.8, 4) is 0 Å². The molecule has 1 atom stereocenters. The van der Waals surface area contributed by atoms with E-state index in [1.54, 1.807) is 11.1 Å². The highest BCUT2D eigenvalue weighted by Gasteiger charge is 2.28. The zero-order valence-corrected chi connectivity index (χ0v) is 14.9. The Morgan fingerprint density at radius 3 is 2.81 bits per heavy atom. The molecule has 4 rings (SSSR count). The van der Waals surface area contributed by atoms with E-state index in [2.05, 4.69) is 19.9 Å². The number of nitrogens with two attached hydrogens (primary N) is 1. The van der Waals surface area contributed by atoms with Gasteiger partial charge in [-0.2, -0.15) is 0 Å². The lowest BCUT2D eigenvalue weighted by Gasteiger charge is -2.32. The molecule has 9 nitrogen and oxygen atoms in total. The van der Waals surface area contributed by atoms with Crippen LogP contribution in [0.25, 0.3) is 0 Å². The van der Waals surface area contributed by atoms with Crippen molar-refractivity contribution in [1.29, 1.82) is 0 Å². The van der Waals surface area contributed by atoms with Crippen LogP contribution < -0.4 is 10.6 Å². The van der Waals surface area contributed by atoms with Crippen molar-refractivity contribution in [2.75, 3.05) is 37.7 Å². The number of morpholine rings is 1. The fourth-order valence-corrected chi connectivity index (χ4v) is 3.45. The number of H-pyrrole nitrogens is 1. The first kappa shape index (κ1) is 17.5. The number of nitrogens with zero attached hydrogens (tertiary/aromatic N) is 4. The lowest BCUT2D eigenvalue weighted by molar-refractivity contribution is -0.0249. The Balaban J connectivity index is 1.48. The van der Waals surface area contributed by atoms with Crippen LogP contribution in [0.2, 0.25) is 0 Å². The zero-order chi connectivity index (χ0) is 18.8. The molecule has 4 heterocycles. The van der Waals surface area contributed by atoms with Gasteiger partial charge in [0.2, 0.25) is 11.9 Å². The van der Waals surface area contributed by atoms with E-state index < -0.39 is 5.91 Å². The Hall–Kier alpha value is -2.94. The van der Waals surface area contributed by atoms with Crippen LogP contribution in [0.3, 0.4) is 0 Å². The minimum atomic E-state index is -0.569. The number of nitrogens with one attached hydrogen (secondary N) is 1. The number of carbonyl (C=O) groups excluding carboxylic acids is 2. The number of rotatable bonds is 4. The molecule has 2 amide bonds. The number of amides is 2. The Labute approximate surface area is 156 Å². The first-order valence-corrected chi connectivity index (χ1v) is 9.09. The highest BCUT2D eigenvalue weighted by molar-refractivity contribution is 5.98. The Bertz CT molecular complexity index is 845. The SMILES string of the molecule is NC(=O)c1c[nH]c(C(=O)N2CCOC(c3ccnc(N4CCCC4)n3)C2)c1. The maximum atomic E-state index is 12.7. The fraction of sp³-hybridized carbons (Fsp3) is 0.444. The number of carbonyl (C=O) groups is 2. The lowest BCUT2D eigenvalue weighted by atomic mass is 10.2. The predicted molar refractivity (Wildman–Crippen MR) is 97.4 cm³/mol. The Kier molecular flexibility index (Phi) is 4.76. The van der Waals surface area contributed by atoms with Crippen molar-refractivity contribution in [3.05, 3.63) is 41.5 Å². The van der Waals surface area contributed by atoms with Gasteiger partial charge in [-0.3, -0.25) is 9.59 Å². The van der Waals surface area contributed by atoms with E-state index in [4.69, 9.17) is 10.5 Å². The molecule has 2 aromatic rings. The first-order valence-electron chi connectivity index (χ1n) is 9.09. The molecule has 0 radical (unpaired) electrons. The van der Waals surface area contributed by atoms with Gasteiger partial charge in [-0.25, -0.2) is 9.97 Å². The van der Waals surface area contributed by atoms with Gasteiger partial charge in [0, 0.05) is 32.0 Å². The summed E-state index contributed by atoms with van der Waals surface area (Å²) in [6.45, 7) is 3.22. The summed E-state index contributed by atoms with van der Waals surface area (Å²) in [6.07, 6.45) is 5.18. The fourth-order valence-electron chi connectivity index (χ4n) is 3.45. The maximum Gasteiger partial charge on any atom is 0.270 e. The zero-order valence-electron chi connectivity index (χ0n) is 14.9. The molecule has 0 aliphatic carbocycles. The van der Waals surface area contributed by atoms with Gasteiger partial charge in [0.15, 0.2) is 0 Å². The summed E-state index contributed by atoms with van der Waals surface area (Å²) in [7, 11) is 0. The minimum absolute atomic E-state index is 0.190. The third kappa shape index (κ3) is 3.63. The topological polar surface area (TPSA) is 117 Å². The van der Waals surface area contributed by atoms with Crippen LogP contribution in [0, 0.1) is 0 Å². The average Bonchev–Trinajstić information content (AvgIpc) is 3.40. The number of aromatic nitrogens is 3. The molecule has 0 saturated carbocycles. The van der Waals surface area contributed by atoms with Crippen molar-refractivity contribution < 1.29 is 14.3 Å². The third-order valence-electron chi connectivity index (χ3n) is 4.93. The minimum Gasteiger partial charge on any atom is -0.368 e. The molecular formula is C18H22N6O3. The molecule has 2 aliphatic heterocycles.